The van der Waals surface area contributed by atoms with E-state index in [0.29, 0.717) is 16.2 Å². The van der Waals surface area contributed by atoms with E-state index in [1.165, 1.54) is 70.6 Å². The van der Waals surface area contributed by atoms with Gasteiger partial charge in [0.1, 0.15) is 0 Å². The molecule has 12 saturated carbocycles. The molecule has 0 aromatic heterocycles. The molecule has 12 rings (SSSR count). The lowest BCUT2D eigenvalue weighted by Crippen LogP contribution is -2.53. The van der Waals surface area contributed by atoms with Gasteiger partial charge >= 0.3 is 0 Å². The van der Waals surface area contributed by atoms with Crippen molar-refractivity contribution in [3.63, 3.8) is 0 Å². The fourth-order valence-electron chi connectivity index (χ4n) is 24.7. The smallest absolute Gasteiger partial charge is 0.0264 e. The summed E-state index contributed by atoms with van der Waals surface area (Å²) in [4.78, 5) is 0. The first kappa shape index (κ1) is 52.8. The highest BCUT2D eigenvalue weighted by molar-refractivity contribution is 5.11. The Bertz CT molecular complexity index is 1640. The van der Waals surface area contributed by atoms with Gasteiger partial charge in [-0.2, -0.15) is 0 Å². The Balaban J connectivity index is 0.000000129. The fourth-order valence-corrected chi connectivity index (χ4v) is 24.7. The van der Waals surface area contributed by atoms with Crippen molar-refractivity contribution >= 4 is 0 Å². The summed E-state index contributed by atoms with van der Waals surface area (Å²) in [7, 11) is 0. The third-order valence-electron chi connectivity index (χ3n) is 28.4. The van der Waals surface area contributed by atoms with Gasteiger partial charge in [-0.15, -0.1) is 0 Å². The van der Waals surface area contributed by atoms with E-state index in [0.717, 1.165) is 111 Å². The van der Waals surface area contributed by atoms with Gasteiger partial charge in [-0.1, -0.05) is 147 Å². The van der Waals surface area contributed by atoms with E-state index in [1.807, 2.05) is 0 Å². The van der Waals surface area contributed by atoms with E-state index in [4.69, 9.17) is 0 Å². The Morgan fingerprint density at radius 1 is 0.368 bits per heavy atom. The molecule has 0 heterocycles. The quantitative estimate of drug-likeness (QED) is 0.249. The number of rotatable bonds is 6. The predicted octanol–water partition coefficient (Wildman–Crippen LogP) is 21.4. The zero-order valence-electron chi connectivity index (χ0n) is 47.0. The zero-order valence-corrected chi connectivity index (χ0v) is 47.0. The Morgan fingerprint density at radius 2 is 0.824 bits per heavy atom. The van der Waals surface area contributed by atoms with Gasteiger partial charge in [0.15, 0.2) is 0 Å². The predicted molar refractivity (Wildman–Crippen MR) is 296 cm³/mol. The minimum Gasteiger partial charge on any atom is -0.0776 e. The van der Waals surface area contributed by atoms with Crippen molar-refractivity contribution in [1.82, 2.24) is 0 Å². The molecule has 0 heteroatoms. The average molecular weight is 938 g/mol. The molecule has 68 heavy (non-hydrogen) atoms. The minimum atomic E-state index is 0. The molecule has 0 radical (unpaired) electrons. The first-order valence-electron chi connectivity index (χ1n) is 32.1. The lowest BCUT2D eigenvalue weighted by Gasteiger charge is -2.61. The third kappa shape index (κ3) is 9.00. The molecular formula is C68H120. The molecule has 392 valence electrons. The van der Waals surface area contributed by atoms with Crippen molar-refractivity contribution in [2.75, 3.05) is 0 Å². The van der Waals surface area contributed by atoms with Gasteiger partial charge in [0.2, 0.25) is 0 Å². The Hall–Kier alpha value is 0. The summed E-state index contributed by atoms with van der Waals surface area (Å²) in [6.07, 6.45) is 54.0. The maximum atomic E-state index is 2.75. The van der Waals surface area contributed by atoms with Crippen molar-refractivity contribution in [2.24, 2.45) is 127 Å². The highest BCUT2D eigenvalue weighted by Gasteiger charge is 2.62. The lowest BCUT2D eigenvalue weighted by atomic mass is 9.44. The molecule has 0 saturated heterocycles. The average Bonchev–Trinajstić information content (AvgIpc) is 4.00. The van der Waals surface area contributed by atoms with Crippen molar-refractivity contribution in [3.8, 4) is 0 Å². The summed E-state index contributed by atoms with van der Waals surface area (Å²) in [5.41, 5.74) is 4.32. The minimum absolute atomic E-state index is 0. The molecule has 19 unspecified atom stereocenters. The Kier molecular flexibility index (Phi) is 16.0. The molecule has 12 aliphatic carbocycles. The van der Waals surface area contributed by atoms with Crippen LogP contribution in [0, 0.1) is 127 Å². The Labute approximate surface area is 426 Å². The largest absolute Gasteiger partial charge is 0.0776 e. The monoisotopic (exact) mass is 937 g/mol. The van der Waals surface area contributed by atoms with Crippen LogP contribution in [0.15, 0.2) is 0 Å². The van der Waals surface area contributed by atoms with E-state index in [2.05, 4.69) is 69.2 Å². The van der Waals surface area contributed by atoms with E-state index >= 15 is 0 Å². The van der Waals surface area contributed by atoms with Gasteiger partial charge in [-0.3, -0.25) is 0 Å². The summed E-state index contributed by atoms with van der Waals surface area (Å²) in [6, 6.07) is 0. The number of hydrogen-bond acceptors (Lipinski definition) is 0. The molecule has 0 aromatic carbocycles. The van der Waals surface area contributed by atoms with Crippen LogP contribution in [-0.2, 0) is 0 Å². The van der Waals surface area contributed by atoms with Crippen LogP contribution < -0.4 is 0 Å². The molecule has 0 bridgehead atoms. The van der Waals surface area contributed by atoms with Crippen molar-refractivity contribution in [3.05, 3.63) is 0 Å². The van der Waals surface area contributed by atoms with Crippen LogP contribution in [0.3, 0.4) is 0 Å². The van der Waals surface area contributed by atoms with Crippen molar-refractivity contribution in [2.45, 2.75) is 301 Å². The van der Waals surface area contributed by atoms with Crippen LogP contribution in [0.4, 0.5) is 0 Å². The molecule has 0 spiro atoms. The molecule has 21 atom stereocenters. The van der Waals surface area contributed by atoms with Gasteiger partial charge in [0.05, 0.1) is 0 Å². The normalized spacial score (nSPS) is 52.5. The summed E-state index contributed by atoms with van der Waals surface area (Å²) in [5, 5.41) is 0. The summed E-state index contributed by atoms with van der Waals surface area (Å²) in [6.45, 7) is 26.1. The molecule has 0 nitrogen and oxygen atoms in total. The van der Waals surface area contributed by atoms with E-state index in [9.17, 15) is 0 Å². The van der Waals surface area contributed by atoms with Crippen LogP contribution in [-0.4, -0.2) is 0 Å². The molecule has 0 N–H and O–H groups in total. The van der Waals surface area contributed by atoms with Gasteiger partial charge in [0, 0.05) is 0 Å². The van der Waals surface area contributed by atoms with Crippen LogP contribution in [0.5, 0.6) is 0 Å². The summed E-state index contributed by atoms with van der Waals surface area (Å²) < 4.78 is 0. The van der Waals surface area contributed by atoms with Gasteiger partial charge in [-0.25, -0.2) is 0 Å². The first-order valence-corrected chi connectivity index (χ1v) is 32.1. The second kappa shape index (κ2) is 20.6. The van der Waals surface area contributed by atoms with Crippen LogP contribution in [0.25, 0.3) is 0 Å². The van der Waals surface area contributed by atoms with E-state index < -0.39 is 0 Å². The molecule has 12 fully saturated rings. The zero-order chi connectivity index (χ0) is 47.0. The molecule has 0 aliphatic heterocycles. The standard InChI is InChI=1S/C27H48.C21H36.C19H32.CH4/c1-19(2)9-8-10-20(3)23-14-15-24-22-13-12-21-11-6-7-17-26(21,4)25(22)16-18-27(23,24)5;1-4-15-9-11-18-17-10-8-16-7-5-6-13-20(16,2)19(17)12-14-21(15,18)3;1-18-11-5-7-16(18)15-9-8-14-6-3-4-12-19(14,2)17(15)10-13-18;/h19-25H,6-18H2,1-5H3;15-19H,4-14H2,1-3H3;14-17H,3-13H2,1-2H3;1H4/t20?,21-,22?,23?,24?,25?,26?,27?;;14-,15?,16?,17?,18?,19?;/m1.1./s1. The van der Waals surface area contributed by atoms with E-state index in [-0.39, 0.29) is 7.43 Å². The highest BCUT2D eigenvalue weighted by Crippen LogP contribution is 2.71. The van der Waals surface area contributed by atoms with Crippen LogP contribution in [0.1, 0.15) is 301 Å². The molecular weight excluding hydrogens is 817 g/mol. The van der Waals surface area contributed by atoms with Crippen molar-refractivity contribution < 1.29 is 0 Å². The van der Waals surface area contributed by atoms with Crippen LogP contribution >= 0.6 is 0 Å². The second-order valence-electron chi connectivity index (χ2n) is 31.1. The van der Waals surface area contributed by atoms with Gasteiger partial charge in [-0.05, 0) is 281 Å². The SMILES string of the molecule is C.CC(C)CCCC(C)C1CCC2C3CC[C@H]4CCCCC4(C)C3CCC12C.CC12CCCC1C1CC[C@H]3CCCCC3(C)C1CC2.CCC1CCC2C3CCC4CCCCC4(C)C3CCC12C. The summed E-state index contributed by atoms with van der Waals surface area (Å²) >= 11 is 0. The summed E-state index contributed by atoms with van der Waals surface area (Å²) in [5.74, 6) is 16.9. The molecule has 0 aromatic rings. The number of hydrogen-bond donors (Lipinski definition) is 0. The highest BCUT2D eigenvalue weighted by atomic mass is 14.7. The topological polar surface area (TPSA) is 0 Å². The third-order valence-corrected chi connectivity index (χ3v) is 28.4. The molecule has 0 amide bonds. The molecule has 12 aliphatic rings. The van der Waals surface area contributed by atoms with Gasteiger partial charge < -0.3 is 0 Å². The van der Waals surface area contributed by atoms with E-state index in [1.54, 1.807) is 154 Å². The fraction of sp³-hybridized carbons (Fsp3) is 1.00. The van der Waals surface area contributed by atoms with Crippen molar-refractivity contribution in [1.29, 1.82) is 0 Å². The van der Waals surface area contributed by atoms with Crippen LogP contribution in [0.2, 0.25) is 0 Å². The maximum absolute atomic E-state index is 2.75. The second-order valence-corrected chi connectivity index (χ2v) is 31.1. The lowest BCUT2D eigenvalue weighted by molar-refractivity contribution is -0.114. The maximum Gasteiger partial charge on any atom is -0.0264 e. The first-order chi connectivity index (χ1) is 32.1. The Morgan fingerprint density at radius 3 is 1.34 bits per heavy atom. The van der Waals surface area contributed by atoms with Gasteiger partial charge in [0.25, 0.3) is 0 Å². The number of fused-ring (bicyclic) bond motifs is 15.